The van der Waals surface area contributed by atoms with Gasteiger partial charge in [0.2, 0.25) is 0 Å². The second kappa shape index (κ2) is 6.58. The number of imidazole rings is 1. The van der Waals surface area contributed by atoms with Crippen LogP contribution >= 0.6 is 11.8 Å². The van der Waals surface area contributed by atoms with Crippen LogP contribution in [0.2, 0.25) is 0 Å². The summed E-state index contributed by atoms with van der Waals surface area (Å²) in [6.07, 6.45) is 5.40. The van der Waals surface area contributed by atoms with Crippen LogP contribution in [0.5, 0.6) is 0 Å². The SMILES string of the molecule is c1ccc(CSc2nc3ncnc(N4CCCCC4)c3[nH]2)cc1. The van der Waals surface area contributed by atoms with Gasteiger partial charge in [-0.05, 0) is 24.8 Å². The molecule has 0 aliphatic carbocycles. The molecule has 4 rings (SSSR count). The zero-order valence-corrected chi connectivity index (χ0v) is 13.7. The molecule has 1 fully saturated rings. The number of benzene rings is 1. The molecule has 1 saturated heterocycles. The molecule has 0 unspecified atom stereocenters. The van der Waals surface area contributed by atoms with Gasteiger partial charge < -0.3 is 9.88 Å². The zero-order chi connectivity index (χ0) is 15.5. The number of hydrogen-bond donors (Lipinski definition) is 1. The Morgan fingerprint density at radius 3 is 2.70 bits per heavy atom. The van der Waals surface area contributed by atoms with E-state index >= 15 is 0 Å². The number of rotatable bonds is 4. The van der Waals surface area contributed by atoms with Crippen molar-refractivity contribution in [3.63, 3.8) is 0 Å². The van der Waals surface area contributed by atoms with Crippen LogP contribution in [0.1, 0.15) is 24.8 Å². The largest absolute Gasteiger partial charge is 0.355 e. The van der Waals surface area contributed by atoms with Crippen LogP contribution in [0.4, 0.5) is 5.82 Å². The maximum absolute atomic E-state index is 4.61. The number of fused-ring (bicyclic) bond motifs is 1. The molecule has 0 bridgehead atoms. The summed E-state index contributed by atoms with van der Waals surface area (Å²) in [5.74, 6) is 1.89. The Labute approximate surface area is 139 Å². The number of piperidine rings is 1. The fourth-order valence-corrected chi connectivity index (χ4v) is 3.76. The first-order chi connectivity index (χ1) is 11.4. The molecule has 23 heavy (non-hydrogen) atoms. The normalized spacial score (nSPS) is 15.2. The number of H-pyrrole nitrogens is 1. The van der Waals surface area contributed by atoms with Gasteiger partial charge in [-0.3, -0.25) is 0 Å². The molecule has 1 aliphatic heterocycles. The smallest absolute Gasteiger partial charge is 0.183 e. The van der Waals surface area contributed by atoms with E-state index in [1.165, 1.54) is 24.8 Å². The topological polar surface area (TPSA) is 57.7 Å². The Bertz CT molecular complexity index is 780. The number of aromatic nitrogens is 4. The predicted octanol–water partition coefficient (Wildman–Crippen LogP) is 3.64. The summed E-state index contributed by atoms with van der Waals surface area (Å²) in [7, 11) is 0. The van der Waals surface area contributed by atoms with Gasteiger partial charge in [-0.15, -0.1) is 0 Å². The van der Waals surface area contributed by atoms with Crippen molar-refractivity contribution >= 4 is 28.7 Å². The lowest BCUT2D eigenvalue weighted by Gasteiger charge is -2.27. The molecule has 2 aromatic heterocycles. The molecule has 0 atom stereocenters. The monoisotopic (exact) mass is 325 g/mol. The van der Waals surface area contributed by atoms with Crippen molar-refractivity contribution in [2.45, 2.75) is 30.2 Å². The fourth-order valence-electron chi connectivity index (χ4n) is 2.93. The summed E-state index contributed by atoms with van der Waals surface area (Å²) in [5.41, 5.74) is 3.02. The molecule has 1 aromatic carbocycles. The number of anilines is 1. The van der Waals surface area contributed by atoms with Gasteiger partial charge in [0.05, 0.1) is 0 Å². The Balaban J connectivity index is 1.57. The van der Waals surface area contributed by atoms with Gasteiger partial charge in [0.15, 0.2) is 16.6 Å². The highest BCUT2D eigenvalue weighted by atomic mass is 32.2. The highest BCUT2D eigenvalue weighted by molar-refractivity contribution is 7.98. The van der Waals surface area contributed by atoms with E-state index in [9.17, 15) is 0 Å². The molecule has 0 radical (unpaired) electrons. The van der Waals surface area contributed by atoms with Crippen LogP contribution in [0.25, 0.3) is 11.2 Å². The Hall–Kier alpha value is -2.08. The lowest BCUT2D eigenvalue weighted by Crippen LogP contribution is -2.30. The number of thioether (sulfide) groups is 1. The molecule has 6 heteroatoms. The van der Waals surface area contributed by atoms with Gasteiger partial charge in [0, 0.05) is 18.8 Å². The van der Waals surface area contributed by atoms with E-state index in [0.717, 1.165) is 41.0 Å². The van der Waals surface area contributed by atoms with Crippen LogP contribution < -0.4 is 4.90 Å². The van der Waals surface area contributed by atoms with Crippen LogP contribution in [-0.4, -0.2) is 33.0 Å². The minimum Gasteiger partial charge on any atom is -0.355 e. The molecule has 5 nitrogen and oxygen atoms in total. The lowest BCUT2D eigenvalue weighted by atomic mass is 10.1. The van der Waals surface area contributed by atoms with Crippen molar-refractivity contribution in [1.82, 2.24) is 19.9 Å². The maximum Gasteiger partial charge on any atom is 0.183 e. The van der Waals surface area contributed by atoms with E-state index in [1.54, 1.807) is 18.1 Å². The summed E-state index contributed by atoms with van der Waals surface area (Å²) >= 11 is 1.70. The van der Waals surface area contributed by atoms with Crippen LogP contribution in [-0.2, 0) is 5.75 Å². The van der Waals surface area contributed by atoms with Gasteiger partial charge >= 0.3 is 0 Å². The third-order valence-electron chi connectivity index (χ3n) is 4.12. The van der Waals surface area contributed by atoms with E-state index in [1.807, 2.05) is 6.07 Å². The molecule has 3 aromatic rings. The molecule has 118 valence electrons. The second-order valence-electron chi connectivity index (χ2n) is 5.76. The number of nitrogens with zero attached hydrogens (tertiary/aromatic N) is 4. The lowest BCUT2D eigenvalue weighted by molar-refractivity contribution is 0.574. The van der Waals surface area contributed by atoms with Crippen molar-refractivity contribution in [3.05, 3.63) is 42.2 Å². The van der Waals surface area contributed by atoms with Crippen molar-refractivity contribution in [2.24, 2.45) is 0 Å². The number of nitrogens with one attached hydrogen (secondary N) is 1. The Morgan fingerprint density at radius 2 is 1.87 bits per heavy atom. The minimum absolute atomic E-state index is 0.760. The maximum atomic E-state index is 4.61. The third kappa shape index (κ3) is 3.17. The van der Waals surface area contributed by atoms with Crippen molar-refractivity contribution in [1.29, 1.82) is 0 Å². The zero-order valence-electron chi connectivity index (χ0n) is 12.9. The van der Waals surface area contributed by atoms with E-state index in [0.29, 0.717) is 0 Å². The second-order valence-corrected chi connectivity index (χ2v) is 6.72. The van der Waals surface area contributed by atoms with E-state index in [4.69, 9.17) is 0 Å². The van der Waals surface area contributed by atoms with Gasteiger partial charge in [0.1, 0.15) is 11.8 Å². The van der Waals surface area contributed by atoms with Crippen molar-refractivity contribution in [3.8, 4) is 0 Å². The number of aromatic amines is 1. The molecule has 1 aliphatic rings. The van der Waals surface area contributed by atoms with E-state index < -0.39 is 0 Å². The summed E-state index contributed by atoms with van der Waals surface area (Å²) in [6.45, 7) is 2.13. The molecule has 0 amide bonds. The first-order valence-electron chi connectivity index (χ1n) is 8.02. The predicted molar refractivity (Wildman–Crippen MR) is 93.8 cm³/mol. The average molecular weight is 325 g/mol. The Kier molecular flexibility index (Phi) is 4.15. The molecular formula is C17H19N5S. The minimum atomic E-state index is 0.760. The number of hydrogen-bond acceptors (Lipinski definition) is 5. The van der Waals surface area contributed by atoms with Crippen molar-refractivity contribution < 1.29 is 0 Å². The molecule has 1 N–H and O–H groups in total. The Morgan fingerprint density at radius 1 is 1.04 bits per heavy atom. The van der Waals surface area contributed by atoms with Crippen LogP contribution in [0.3, 0.4) is 0 Å². The van der Waals surface area contributed by atoms with Gasteiger partial charge in [-0.25, -0.2) is 15.0 Å². The average Bonchev–Trinajstić information content (AvgIpc) is 3.04. The van der Waals surface area contributed by atoms with E-state index in [2.05, 4.69) is 49.1 Å². The van der Waals surface area contributed by atoms with Gasteiger partial charge in [-0.2, -0.15) is 0 Å². The van der Waals surface area contributed by atoms with Crippen LogP contribution in [0.15, 0.2) is 41.8 Å². The molecule has 3 heterocycles. The highest BCUT2D eigenvalue weighted by Gasteiger charge is 2.17. The summed E-state index contributed by atoms with van der Waals surface area (Å²) in [4.78, 5) is 19.2. The quantitative estimate of drug-likeness (QED) is 0.742. The summed E-state index contributed by atoms with van der Waals surface area (Å²) in [5, 5.41) is 0.905. The van der Waals surface area contributed by atoms with Gasteiger partial charge in [0.25, 0.3) is 0 Å². The van der Waals surface area contributed by atoms with Crippen molar-refractivity contribution in [2.75, 3.05) is 18.0 Å². The summed E-state index contributed by atoms with van der Waals surface area (Å²) in [6, 6.07) is 10.4. The third-order valence-corrected chi connectivity index (χ3v) is 5.07. The fraction of sp³-hybridized carbons (Fsp3) is 0.353. The van der Waals surface area contributed by atoms with Gasteiger partial charge in [-0.1, -0.05) is 42.1 Å². The van der Waals surface area contributed by atoms with E-state index in [-0.39, 0.29) is 0 Å². The van der Waals surface area contributed by atoms with Crippen LogP contribution in [0, 0.1) is 0 Å². The molecule has 0 saturated carbocycles. The first kappa shape index (κ1) is 14.5. The molecule has 0 spiro atoms. The standard InChI is InChI=1S/C17H19N5S/c1-3-7-13(8-4-1)11-23-17-20-14-15(21-17)18-12-19-16(14)22-9-5-2-6-10-22/h1,3-4,7-8,12H,2,5-6,9-11H2,(H,18,19,20,21). The highest BCUT2D eigenvalue weighted by Crippen LogP contribution is 2.27. The molecular weight excluding hydrogens is 306 g/mol. The summed E-state index contributed by atoms with van der Waals surface area (Å²) < 4.78 is 0. The first-order valence-corrected chi connectivity index (χ1v) is 9.01.